The van der Waals surface area contributed by atoms with Crippen molar-refractivity contribution >= 4 is 10.0 Å². The van der Waals surface area contributed by atoms with Crippen molar-refractivity contribution in [3.63, 3.8) is 0 Å². The number of benzene rings is 1. The highest BCUT2D eigenvalue weighted by Crippen LogP contribution is 2.33. The summed E-state index contributed by atoms with van der Waals surface area (Å²) in [4.78, 5) is 23.8. The molecule has 10 heteroatoms. The minimum absolute atomic E-state index is 0.136. The van der Waals surface area contributed by atoms with E-state index in [4.69, 9.17) is 9.47 Å². The van der Waals surface area contributed by atoms with Crippen LogP contribution in [0.15, 0.2) is 38.9 Å². The Morgan fingerprint density at radius 3 is 2.20 bits per heavy atom. The summed E-state index contributed by atoms with van der Waals surface area (Å²) in [6.45, 7) is 8.33. The molecule has 0 fully saturated rings. The SMILES string of the molecule is CCOc1ccc(C(NS(=O)(=O)c2cn(C)c(=O)n(C)c2=O)C(C)C)cc1OCC. The average Bonchev–Trinajstić information content (AvgIpc) is 2.68. The number of ether oxygens (including phenoxy) is 2. The molecular formula is C20H29N3O6S. The molecule has 166 valence electrons. The monoisotopic (exact) mass is 439 g/mol. The number of nitrogens with one attached hydrogen (secondary N) is 1. The zero-order valence-corrected chi connectivity index (χ0v) is 18.9. The summed E-state index contributed by atoms with van der Waals surface area (Å²) in [6, 6.07) is 4.60. The molecule has 2 rings (SSSR count). The lowest BCUT2D eigenvalue weighted by Gasteiger charge is -2.24. The standard InChI is InChI=1S/C20H29N3O6S/c1-7-28-15-10-9-14(11-16(15)29-8-2)18(13(3)4)21-30(26,27)17-12-22(5)20(25)23(6)19(17)24/h9-13,18,21H,7-8H2,1-6H3. The molecule has 1 N–H and O–H groups in total. The van der Waals surface area contributed by atoms with Crippen molar-refractivity contribution in [2.75, 3.05) is 13.2 Å². The first-order valence-corrected chi connectivity index (χ1v) is 11.2. The van der Waals surface area contributed by atoms with E-state index in [0.717, 1.165) is 15.3 Å². The molecule has 0 bridgehead atoms. The van der Waals surface area contributed by atoms with Gasteiger partial charge in [-0.3, -0.25) is 9.36 Å². The van der Waals surface area contributed by atoms with Crippen LogP contribution in [-0.4, -0.2) is 30.8 Å². The van der Waals surface area contributed by atoms with Crippen LogP contribution in [0.1, 0.15) is 39.3 Å². The van der Waals surface area contributed by atoms with Gasteiger partial charge in [-0.15, -0.1) is 0 Å². The van der Waals surface area contributed by atoms with E-state index in [0.29, 0.717) is 30.3 Å². The molecule has 0 aliphatic rings. The van der Waals surface area contributed by atoms with Gasteiger partial charge in [-0.05, 0) is 37.5 Å². The van der Waals surface area contributed by atoms with Crippen LogP contribution in [0, 0.1) is 5.92 Å². The number of aromatic nitrogens is 2. The zero-order valence-electron chi connectivity index (χ0n) is 18.1. The lowest BCUT2D eigenvalue weighted by Crippen LogP contribution is -2.42. The first-order chi connectivity index (χ1) is 14.0. The van der Waals surface area contributed by atoms with Crippen LogP contribution in [-0.2, 0) is 24.1 Å². The minimum Gasteiger partial charge on any atom is -0.490 e. The maximum absolute atomic E-state index is 13.0. The van der Waals surface area contributed by atoms with Crippen LogP contribution in [0.25, 0.3) is 0 Å². The Bertz CT molecular complexity index is 1120. The van der Waals surface area contributed by atoms with Crippen LogP contribution in [0.5, 0.6) is 11.5 Å². The summed E-state index contributed by atoms with van der Waals surface area (Å²) in [5.74, 6) is 0.948. The second-order valence-electron chi connectivity index (χ2n) is 7.17. The van der Waals surface area contributed by atoms with Crippen molar-refractivity contribution in [1.29, 1.82) is 0 Å². The van der Waals surface area contributed by atoms with E-state index < -0.39 is 32.2 Å². The quantitative estimate of drug-likeness (QED) is 0.635. The third-order valence-corrected chi connectivity index (χ3v) is 6.00. The Labute approximate surface area is 176 Å². The number of aryl methyl sites for hydroxylation is 1. The first kappa shape index (κ1) is 23.7. The highest BCUT2D eigenvalue weighted by Gasteiger charge is 2.28. The second-order valence-corrected chi connectivity index (χ2v) is 8.85. The summed E-state index contributed by atoms with van der Waals surface area (Å²) in [7, 11) is -1.57. The predicted molar refractivity (Wildman–Crippen MR) is 114 cm³/mol. The Kier molecular flexibility index (Phi) is 7.49. The molecule has 1 unspecified atom stereocenters. The number of hydrogen-bond acceptors (Lipinski definition) is 6. The lowest BCUT2D eigenvalue weighted by atomic mass is 9.97. The van der Waals surface area contributed by atoms with E-state index in [1.54, 1.807) is 18.2 Å². The van der Waals surface area contributed by atoms with Gasteiger partial charge in [-0.2, -0.15) is 0 Å². The van der Waals surface area contributed by atoms with Crippen LogP contribution < -0.4 is 25.4 Å². The van der Waals surface area contributed by atoms with Gasteiger partial charge >= 0.3 is 5.69 Å². The molecule has 2 aromatic rings. The Hall–Kier alpha value is -2.59. The highest BCUT2D eigenvalue weighted by molar-refractivity contribution is 7.89. The Morgan fingerprint density at radius 2 is 1.63 bits per heavy atom. The van der Waals surface area contributed by atoms with E-state index >= 15 is 0 Å². The molecule has 0 amide bonds. The Morgan fingerprint density at radius 1 is 1.03 bits per heavy atom. The largest absolute Gasteiger partial charge is 0.490 e. The molecule has 0 saturated carbocycles. The number of rotatable bonds is 9. The number of nitrogens with zero attached hydrogens (tertiary/aromatic N) is 2. The normalized spacial score (nSPS) is 12.8. The summed E-state index contributed by atoms with van der Waals surface area (Å²) < 4.78 is 41.7. The molecule has 0 aliphatic heterocycles. The van der Waals surface area contributed by atoms with Gasteiger partial charge in [0.25, 0.3) is 5.56 Å². The van der Waals surface area contributed by atoms with Gasteiger partial charge < -0.3 is 14.0 Å². The van der Waals surface area contributed by atoms with Gasteiger partial charge in [0.05, 0.1) is 13.2 Å². The van der Waals surface area contributed by atoms with E-state index in [1.807, 2.05) is 27.7 Å². The van der Waals surface area contributed by atoms with Crippen molar-refractivity contribution in [2.24, 2.45) is 20.0 Å². The van der Waals surface area contributed by atoms with Crippen molar-refractivity contribution in [1.82, 2.24) is 13.9 Å². The van der Waals surface area contributed by atoms with Gasteiger partial charge in [0, 0.05) is 26.3 Å². The third kappa shape index (κ3) is 4.93. The fourth-order valence-corrected chi connectivity index (χ4v) is 4.57. The minimum atomic E-state index is -4.21. The van der Waals surface area contributed by atoms with Crippen molar-refractivity contribution in [3.05, 3.63) is 50.8 Å². The highest BCUT2D eigenvalue weighted by atomic mass is 32.2. The van der Waals surface area contributed by atoms with Crippen molar-refractivity contribution in [3.8, 4) is 11.5 Å². The summed E-state index contributed by atoms with van der Waals surface area (Å²) in [5.41, 5.74) is -0.816. The fraction of sp³-hybridized carbons (Fsp3) is 0.500. The van der Waals surface area contributed by atoms with E-state index in [-0.39, 0.29) is 5.92 Å². The van der Waals surface area contributed by atoms with Gasteiger partial charge in [0.1, 0.15) is 0 Å². The molecule has 0 spiro atoms. The van der Waals surface area contributed by atoms with E-state index in [9.17, 15) is 18.0 Å². The zero-order chi connectivity index (χ0) is 22.6. The van der Waals surface area contributed by atoms with Crippen LogP contribution in [0.3, 0.4) is 0 Å². The van der Waals surface area contributed by atoms with Crippen LogP contribution in [0.4, 0.5) is 0 Å². The van der Waals surface area contributed by atoms with E-state index in [1.165, 1.54) is 14.1 Å². The topological polar surface area (TPSA) is 109 Å². The molecule has 1 aromatic heterocycles. The number of sulfonamides is 1. The molecule has 0 saturated heterocycles. The Balaban J connectivity index is 2.52. The molecule has 0 radical (unpaired) electrons. The number of hydrogen-bond donors (Lipinski definition) is 1. The lowest BCUT2D eigenvalue weighted by molar-refractivity contribution is 0.287. The molecule has 1 aromatic carbocycles. The van der Waals surface area contributed by atoms with E-state index in [2.05, 4.69) is 4.72 Å². The second kappa shape index (κ2) is 9.48. The third-order valence-electron chi connectivity index (χ3n) is 4.58. The molecular weight excluding hydrogens is 410 g/mol. The molecule has 9 nitrogen and oxygen atoms in total. The van der Waals surface area contributed by atoms with Gasteiger partial charge in [0.2, 0.25) is 10.0 Å². The van der Waals surface area contributed by atoms with Crippen LogP contribution in [0.2, 0.25) is 0 Å². The summed E-state index contributed by atoms with van der Waals surface area (Å²) in [6.07, 6.45) is 1.04. The van der Waals surface area contributed by atoms with Gasteiger partial charge in [0.15, 0.2) is 16.4 Å². The molecule has 30 heavy (non-hydrogen) atoms. The summed E-state index contributed by atoms with van der Waals surface area (Å²) >= 11 is 0. The predicted octanol–water partition coefficient (Wildman–Crippen LogP) is 1.56. The van der Waals surface area contributed by atoms with Gasteiger partial charge in [-0.25, -0.2) is 17.9 Å². The van der Waals surface area contributed by atoms with Gasteiger partial charge in [-0.1, -0.05) is 19.9 Å². The maximum atomic E-state index is 13.0. The molecule has 0 aliphatic carbocycles. The summed E-state index contributed by atoms with van der Waals surface area (Å²) in [5, 5.41) is 0. The van der Waals surface area contributed by atoms with Crippen LogP contribution >= 0.6 is 0 Å². The molecule has 1 atom stereocenters. The maximum Gasteiger partial charge on any atom is 0.330 e. The average molecular weight is 440 g/mol. The van der Waals surface area contributed by atoms with Crippen molar-refractivity contribution < 1.29 is 17.9 Å². The fourth-order valence-electron chi connectivity index (χ4n) is 3.04. The van der Waals surface area contributed by atoms with Crippen molar-refractivity contribution in [2.45, 2.75) is 38.6 Å². The first-order valence-electron chi connectivity index (χ1n) is 9.72. The molecule has 1 heterocycles. The smallest absolute Gasteiger partial charge is 0.330 e.